The van der Waals surface area contributed by atoms with Crippen LogP contribution in [0.25, 0.3) is 5.82 Å². The number of nitrogens with two attached hydrogens (primary N) is 1. The molecule has 0 aliphatic rings. The van der Waals surface area contributed by atoms with Crippen molar-refractivity contribution in [1.29, 1.82) is 5.41 Å². The molecule has 5 N–H and O–H groups in total. The van der Waals surface area contributed by atoms with Gasteiger partial charge in [0.25, 0.3) is 5.91 Å². The fraction of sp³-hybridized carbons (Fsp3) is 0.250. The van der Waals surface area contributed by atoms with Crippen LogP contribution >= 0.6 is 0 Å². The Morgan fingerprint density at radius 1 is 1.17 bits per heavy atom. The minimum Gasteiger partial charge on any atom is -0.497 e. The van der Waals surface area contributed by atoms with E-state index in [-0.39, 0.29) is 53.5 Å². The Balaban J connectivity index is 0.000000738. The third-order valence-corrected chi connectivity index (χ3v) is 6.18. The lowest BCUT2D eigenvalue weighted by Crippen LogP contribution is -2.27. The Bertz CT molecular complexity index is 1740. The van der Waals surface area contributed by atoms with Crippen LogP contribution in [0, 0.1) is 11.2 Å². The number of aromatic amines is 1. The van der Waals surface area contributed by atoms with Crippen LogP contribution < -0.4 is 20.9 Å². The zero-order valence-corrected chi connectivity index (χ0v) is 24.5. The molecule has 2 heterocycles. The number of H-pyrrole nitrogens is 1. The van der Waals surface area contributed by atoms with Crippen LogP contribution in [0.15, 0.2) is 59.8 Å². The predicted octanol–water partition coefficient (Wildman–Crippen LogP) is 2.26. The van der Waals surface area contributed by atoms with Crippen LogP contribution in [-0.2, 0) is 16.0 Å². The van der Waals surface area contributed by atoms with Gasteiger partial charge in [-0.15, -0.1) is 5.10 Å². The maximum Gasteiger partial charge on any atom is 0.490 e. The number of carboxylic acids is 1. The molecule has 0 aliphatic heterocycles. The van der Waals surface area contributed by atoms with Gasteiger partial charge in [-0.05, 0) is 18.1 Å². The Hall–Kier alpha value is -5.81. The topological polar surface area (TPSA) is 202 Å². The molecule has 0 bridgehead atoms. The van der Waals surface area contributed by atoms with Crippen molar-refractivity contribution < 1.29 is 41.7 Å². The highest BCUT2D eigenvalue weighted by Crippen LogP contribution is 2.36. The third-order valence-electron chi connectivity index (χ3n) is 6.18. The van der Waals surface area contributed by atoms with Gasteiger partial charge in [0.05, 0.1) is 19.2 Å². The number of alkyl halides is 3. The normalized spacial score (nSPS) is 11.5. The van der Waals surface area contributed by atoms with Crippen LogP contribution in [0.5, 0.6) is 11.5 Å². The van der Waals surface area contributed by atoms with Crippen molar-refractivity contribution in [2.24, 2.45) is 5.73 Å². The predicted molar refractivity (Wildman–Crippen MR) is 154 cm³/mol. The first-order valence-corrected chi connectivity index (χ1v) is 13.0. The number of amides is 1. The van der Waals surface area contributed by atoms with Gasteiger partial charge in [-0.2, -0.15) is 17.9 Å². The number of aromatic nitrogens is 5. The van der Waals surface area contributed by atoms with Crippen molar-refractivity contribution >= 4 is 17.7 Å². The summed E-state index contributed by atoms with van der Waals surface area (Å²) in [5, 5.41) is 19.2. The molecule has 46 heavy (non-hydrogen) atoms. The van der Waals surface area contributed by atoms with Crippen LogP contribution in [-0.4, -0.2) is 86.4 Å². The number of amidine groups is 1. The van der Waals surface area contributed by atoms with E-state index < -0.39 is 29.6 Å². The average Bonchev–Trinajstić information content (AvgIpc) is 3.40. The number of aliphatic carboxylic acids is 1. The molecule has 4 rings (SSSR count). The molecule has 1 atom stereocenters. The quantitative estimate of drug-likeness (QED) is 0.112. The molecule has 244 valence electrons. The number of nitrogens with zero attached hydrogens (tertiary/aromatic N) is 5. The largest absolute Gasteiger partial charge is 0.497 e. The fourth-order valence-corrected chi connectivity index (χ4v) is 3.80. The first-order chi connectivity index (χ1) is 21.6. The van der Waals surface area contributed by atoms with E-state index in [1.165, 1.54) is 42.7 Å². The van der Waals surface area contributed by atoms with E-state index in [4.69, 9.17) is 30.5 Å². The van der Waals surface area contributed by atoms with Crippen molar-refractivity contribution in [3.05, 3.63) is 93.8 Å². The minimum atomic E-state index is -5.08. The van der Waals surface area contributed by atoms with E-state index in [2.05, 4.69) is 20.1 Å². The number of ether oxygens (including phenoxy) is 2. The average molecular weight is 649 g/mol. The Labute approximate surface area is 257 Å². The number of nitrogens with one attached hydrogen (secondary N) is 2. The van der Waals surface area contributed by atoms with E-state index in [1.807, 2.05) is 0 Å². The van der Waals surface area contributed by atoms with E-state index in [0.717, 1.165) is 10.2 Å². The molecule has 0 spiro atoms. The number of hydrogen-bond donors (Lipinski definition) is 4. The first kappa shape index (κ1) is 34.7. The van der Waals surface area contributed by atoms with Gasteiger partial charge in [0.2, 0.25) is 0 Å². The van der Waals surface area contributed by atoms with Gasteiger partial charge in [0.15, 0.2) is 24.0 Å². The summed E-state index contributed by atoms with van der Waals surface area (Å²) in [5.41, 5.74) is 6.40. The molecule has 0 saturated carbocycles. The van der Waals surface area contributed by atoms with Crippen molar-refractivity contribution in [2.45, 2.75) is 18.5 Å². The molecule has 0 aliphatic carbocycles. The van der Waals surface area contributed by atoms with Gasteiger partial charge >= 0.3 is 17.8 Å². The second-order valence-corrected chi connectivity index (χ2v) is 9.57. The summed E-state index contributed by atoms with van der Waals surface area (Å²) in [4.78, 5) is 45.9. The van der Waals surface area contributed by atoms with Crippen LogP contribution in [0.2, 0.25) is 0 Å². The SMILES string of the molecule is COc1cc(OCC(=O)N(C)C)c(F)c(C(Cc2ccc(C(=N)N)cc2)c2nn(-c3cnccn3)c(=O)[nH]2)c1.O=C(O)C(F)(F)F. The van der Waals surface area contributed by atoms with Gasteiger partial charge in [-0.1, -0.05) is 24.3 Å². The lowest BCUT2D eigenvalue weighted by Gasteiger charge is -2.19. The summed E-state index contributed by atoms with van der Waals surface area (Å²) in [6.07, 6.45) is -0.624. The molecule has 0 fully saturated rings. The number of likely N-dealkylation sites (N-methyl/N-ethyl adjacent to an activating group) is 1. The first-order valence-electron chi connectivity index (χ1n) is 13.0. The molecular weight excluding hydrogens is 620 g/mol. The number of nitrogen functional groups attached to an aromatic ring is 1. The Morgan fingerprint density at radius 3 is 2.35 bits per heavy atom. The minimum absolute atomic E-state index is 0.0851. The third kappa shape index (κ3) is 8.87. The van der Waals surface area contributed by atoms with Crippen molar-refractivity contribution in [1.82, 2.24) is 29.6 Å². The summed E-state index contributed by atoms with van der Waals surface area (Å²) in [5.74, 6) is -4.31. The second-order valence-electron chi connectivity index (χ2n) is 9.57. The maximum atomic E-state index is 16.0. The van der Waals surface area contributed by atoms with Crippen LogP contribution in [0.4, 0.5) is 17.6 Å². The lowest BCUT2D eigenvalue weighted by atomic mass is 9.90. The number of methoxy groups -OCH3 is 1. The van der Waals surface area contributed by atoms with Crippen LogP contribution in [0.3, 0.4) is 0 Å². The number of carbonyl (C=O) groups excluding carboxylic acids is 1. The molecule has 1 unspecified atom stereocenters. The van der Waals surface area contributed by atoms with E-state index in [9.17, 15) is 22.8 Å². The highest BCUT2D eigenvalue weighted by molar-refractivity contribution is 5.94. The number of carboxylic acid groups (broad SMARTS) is 1. The van der Waals surface area contributed by atoms with Gasteiger partial charge in [-0.25, -0.2) is 19.0 Å². The van der Waals surface area contributed by atoms with Gasteiger partial charge in [0, 0.05) is 43.7 Å². The zero-order valence-electron chi connectivity index (χ0n) is 24.5. The number of rotatable bonds is 10. The van der Waals surface area contributed by atoms with Gasteiger partial charge < -0.3 is 25.2 Å². The molecular formula is C28H28F4N8O6. The summed E-state index contributed by atoms with van der Waals surface area (Å²) >= 11 is 0. The molecule has 18 heteroatoms. The molecule has 4 aromatic rings. The summed E-state index contributed by atoms with van der Waals surface area (Å²) in [6, 6.07) is 9.71. The van der Waals surface area contributed by atoms with E-state index >= 15 is 4.39 Å². The molecule has 0 saturated heterocycles. The highest BCUT2D eigenvalue weighted by Gasteiger charge is 2.38. The second kappa shape index (κ2) is 14.8. The molecule has 1 amide bonds. The lowest BCUT2D eigenvalue weighted by molar-refractivity contribution is -0.192. The van der Waals surface area contributed by atoms with Crippen LogP contribution in [0.1, 0.15) is 28.4 Å². The number of benzene rings is 2. The van der Waals surface area contributed by atoms with Crippen molar-refractivity contribution in [3.63, 3.8) is 0 Å². The van der Waals surface area contributed by atoms with Crippen molar-refractivity contribution in [3.8, 4) is 17.3 Å². The summed E-state index contributed by atoms with van der Waals surface area (Å²) < 4.78 is 59.7. The maximum absolute atomic E-state index is 16.0. The standard InChI is InChI=1S/C26H27FN8O4.C2HF3O2/c1-34(2)22(36)14-39-20-12-17(38-3)11-18(23(20)27)19(10-15-4-6-16(7-5-15)24(28)29)25-32-26(37)35(33-25)21-13-30-8-9-31-21;3-2(4,5)1(6)7/h4-9,11-13,19H,10,14H2,1-3H3,(H3,28,29)(H,32,33,37);(H,6,7). The van der Waals surface area contributed by atoms with Gasteiger partial charge in [0.1, 0.15) is 17.4 Å². The molecule has 0 radical (unpaired) electrons. The summed E-state index contributed by atoms with van der Waals surface area (Å²) in [6.45, 7) is -0.383. The highest BCUT2D eigenvalue weighted by atomic mass is 19.4. The summed E-state index contributed by atoms with van der Waals surface area (Å²) in [7, 11) is 4.55. The zero-order chi connectivity index (χ0) is 34.2. The van der Waals surface area contributed by atoms with E-state index in [0.29, 0.717) is 5.56 Å². The Morgan fingerprint density at radius 2 is 1.83 bits per heavy atom. The van der Waals surface area contributed by atoms with E-state index in [1.54, 1.807) is 38.4 Å². The van der Waals surface area contributed by atoms with Crippen molar-refractivity contribution in [2.75, 3.05) is 27.8 Å². The van der Waals surface area contributed by atoms with Gasteiger partial charge in [-0.3, -0.25) is 20.2 Å². The molecule has 2 aromatic carbocycles. The number of halogens is 4. The number of carbonyl (C=O) groups is 2. The molecule has 14 nitrogen and oxygen atoms in total. The Kier molecular flexibility index (Phi) is 11.1. The molecule has 2 aromatic heterocycles. The number of hydrogen-bond acceptors (Lipinski definition) is 9. The smallest absolute Gasteiger partial charge is 0.490 e. The fourth-order valence-electron chi connectivity index (χ4n) is 3.80. The monoisotopic (exact) mass is 648 g/mol.